The van der Waals surface area contributed by atoms with Gasteiger partial charge in [0.1, 0.15) is 24.2 Å². The number of nitrogens with one attached hydrogen (secondary N) is 7. The number of aromatic nitrogens is 3. The minimum atomic E-state index is -1.04. The molecule has 0 saturated carbocycles. The van der Waals surface area contributed by atoms with Gasteiger partial charge in [-0.05, 0) is 94.1 Å². The fraction of sp³-hybridized carbons (Fsp3) is 0.441. The van der Waals surface area contributed by atoms with Crippen LogP contribution in [-0.2, 0) is 35.3 Å². The molecule has 4 aromatic carbocycles. The largest absolute Gasteiger partial charge is 0.350 e. The minimum Gasteiger partial charge on any atom is -0.350 e. The number of carbonyl (C=O) groups is 7. The quantitative estimate of drug-likeness (QED) is 0.0595. The number of likely N-dealkylation sites (N-methyl/N-ethyl adjacent to an activating group) is 2. The van der Waals surface area contributed by atoms with E-state index in [4.69, 9.17) is 0 Å². The van der Waals surface area contributed by atoms with Crippen LogP contribution >= 0.6 is 0 Å². The van der Waals surface area contributed by atoms with Crippen molar-refractivity contribution >= 4 is 41.4 Å². The number of hydrogen-bond acceptors (Lipinski definition) is 11. The molecule has 5 heterocycles. The number of amides is 7. The standard InChI is InChI=1S/C59H72N12O7/c1-4-45(61-3)55(74)66-53-42(26-28-44-30-32-48(71(44)59(53)78)57(76)65-51(39-21-13-7-14-22-39)40-23-15-8-16-24-40)35-69-36-46(67-68-69)54(73)62-33-41-25-27-43-29-31-47(70(43)58(77)52(41)63-49(72)34-60-2)56(75)64-50(37-17-9-5-10-18-37)38-19-11-6-12-20-38/h5-24,36,41-45,47-48,50-53,60-61H,4,25-35H2,1-3H3,(H,62,73)(H,63,72)(H,64,75)(H,65,76)(H,66,74)/t41?,42?,43?,44?,45-,47?,48?,52?,53?/m0/s1. The third-order valence-corrected chi connectivity index (χ3v) is 16.2. The first-order valence-electron chi connectivity index (χ1n) is 27.5. The van der Waals surface area contributed by atoms with Gasteiger partial charge in [-0.15, -0.1) is 5.10 Å². The molecule has 9 atom stereocenters. The number of benzene rings is 4. The van der Waals surface area contributed by atoms with Crippen LogP contribution in [0.5, 0.6) is 0 Å². The van der Waals surface area contributed by atoms with Crippen molar-refractivity contribution in [1.29, 1.82) is 0 Å². The van der Waals surface area contributed by atoms with E-state index in [-0.39, 0.29) is 66.9 Å². The summed E-state index contributed by atoms with van der Waals surface area (Å²) in [5.74, 6) is -3.59. The van der Waals surface area contributed by atoms with Crippen molar-refractivity contribution in [3.8, 4) is 0 Å². The molecule has 1 aromatic heterocycles. The topological polar surface area (TPSA) is 241 Å². The molecule has 4 saturated heterocycles. The van der Waals surface area contributed by atoms with E-state index < -0.39 is 65.9 Å². The zero-order chi connectivity index (χ0) is 54.7. The average Bonchev–Trinajstić information content (AvgIpc) is 4.38. The summed E-state index contributed by atoms with van der Waals surface area (Å²) in [6.07, 6.45) is 6.26. The Morgan fingerprint density at radius 2 is 1.04 bits per heavy atom. The predicted octanol–water partition coefficient (Wildman–Crippen LogP) is 3.55. The number of hydrogen-bond donors (Lipinski definition) is 7. The summed E-state index contributed by atoms with van der Waals surface area (Å²) < 4.78 is 1.50. The van der Waals surface area contributed by atoms with Crippen molar-refractivity contribution in [2.24, 2.45) is 11.8 Å². The lowest BCUT2D eigenvalue weighted by Crippen LogP contribution is -2.58. The summed E-state index contributed by atoms with van der Waals surface area (Å²) in [6.45, 7) is 1.99. The number of carbonyl (C=O) groups excluding carboxylic acids is 7. The molecule has 0 spiro atoms. The fourth-order valence-electron chi connectivity index (χ4n) is 12.1. The molecular weight excluding hydrogens is 989 g/mol. The van der Waals surface area contributed by atoms with Gasteiger partial charge in [0.15, 0.2) is 5.69 Å². The van der Waals surface area contributed by atoms with Crippen LogP contribution in [0.4, 0.5) is 0 Å². The molecule has 4 fully saturated rings. The summed E-state index contributed by atoms with van der Waals surface area (Å²) in [6, 6.07) is 33.2. The molecule has 19 nitrogen and oxygen atoms in total. The van der Waals surface area contributed by atoms with Crippen LogP contribution in [0, 0.1) is 11.8 Å². The first-order chi connectivity index (χ1) is 38.0. The zero-order valence-corrected chi connectivity index (χ0v) is 44.6. The van der Waals surface area contributed by atoms with Gasteiger partial charge in [0, 0.05) is 37.0 Å². The van der Waals surface area contributed by atoms with Gasteiger partial charge in [-0.25, -0.2) is 0 Å². The second-order valence-electron chi connectivity index (χ2n) is 21.0. The molecule has 9 rings (SSSR count). The van der Waals surface area contributed by atoms with Gasteiger partial charge in [0.25, 0.3) is 5.91 Å². The normalized spacial score (nSPS) is 23.4. The van der Waals surface area contributed by atoms with Gasteiger partial charge in [-0.2, -0.15) is 0 Å². The average molecular weight is 1060 g/mol. The van der Waals surface area contributed by atoms with Crippen molar-refractivity contribution in [3.05, 3.63) is 155 Å². The van der Waals surface area contributed by atoms with E-state index in [1.165, 1.54) is 10.9 Å². The highest BCUT2D eigenvalue weighted by Crippen LogP contribution is 2.37. The van der Waals surface area contributed by atoms with Crippen LogP contribution in [-0.4, -0.2) is 136 Å². The van der Waals surface area contributed by atoms with Gasteiger partial charge in [0.2, 0.25) is 35.4 Å². The van der Waals surface area contributed by atoms with Gasteiger partial charge >= 0.3 is 0 Å². The third kappa shape index (κ3) is 12.5. The Hall–Kier alpha value is -7.77. The van der Waals surface area contributed by atoms with Crippen LogP contribution in [0.25, 0.3) is 0 Å². The van der Waals surface area contributed by atoms with E-state index in [2.05, 4.69) is 47.5 Å². The lowest BCUT2D eigenvalue weighted by molar-refractivity contribution is -0.144. The minimum absolute atomic E-state index is 0.0000344. The number of fused-ring (bicyclic) bond motifs is 2. The Labute approximate surface area is 455 Å². The van der Waals surface area contributed by atoms with Crippen LogP contribution in [0.1, 0.15) is 110 Å². The number of rotatable bonds is 20. The van der Waals surface area contributed by atoms with Crippen LogP contribution in [0.3, 0.4) is 0 Å². The van der Waals surface area contributed by atoms with E-state index in [9.17, 15) is 28.8 Å². The van der Waals surface area contributed by atoms with E-state index in [1.54, 1.807) is 23.9 Å². The Morgan fingerprint density at radius 3 is 1.49 bits per heavy atom. The third-order valence-electron chi connectivity index (χ3n) is 16.2. The summed E-state index contributed by atoms with van der Waals surface area (Å²) in [4.78, 5) is 103. The maximum absolute atomic E-state index is 15.0. The number of nitrogens with zero attached hydrogens (tertiary/aromatic N) is 5. The summed E-state index contributed by atoms with van der Waals surface area (Å²) in [7, 11) is 3.33. The Kier molecular flexibility index (Phi) is 18.0. The highest BCUT2D eigenvalue weighted by atomic mass is 16.2. The zero-order valence-electron chi connectivity index (χ0n) is 44.6. The molecule has 4 aliphatic rings. The Balaban J connectivity index is 0.886. The fourth-order valence-corrected chi connectivity index (χ4v) is 12.1. The molecule has 0 radical (unpaired) electrons. The van der Waals surface area contributed by atoms with Crippen LogP contribution in [0.15, 0.2) is 128 Å². The molecule has 7 amide bonds. The SMILES string of the molecule is CC[C@H](NC)C(=O)NC1C(=O)N2C(CCC1Cn1cc(C(=O)NCC3CCC4CCC(C(=O)NC(c5ccccc5)c5ccccc5)N4C(=O)C3NC(=O)CNC)nn1)CCC2C(=O)NC(c1ccccc1)c1ccccc1. The summed E-state index contributed by atoms with van der Waals surface area (Å²) in [5.41, 5.74) is 3.61. The molecule has 5 aromatic rings. The van der Waals surface area contributed by atoms with Crippen molar-refractivity contribution < 1.29 is 33.6 Å². The highest BCUT2D eigenvalue weighted by Gasteiger charge is 2.50. The van der Waals surface area contributed by atoms with E-state index in [0.29, 0.717) is 57.8 Å². The smallest absolute Gasteiger partial charge is 0.273 e. The lowest BCUT2D eigenvalue weighted by Gasteiger charge is -2.33. The van der Waals surface area contributed by atoms with Gasteiger partial charge in [-0.1, -0.05) is 133 Å². The molecule has 4 aliphatic heterocycles. The maximum atomic E-state index is 15.0. The van der Waals surface area contributed by atoms with E-state index >= 15 is 4.79 Å². The molecule has 0 aliphatic carbocycles. The van der Waals surface area contributed by atoms with Crippen molar-refractivity contribution in [1.82, 2.24) is 62.0 Å². The molecule has 410 valence electrons. The maximum Gasteiger partial charge on any atom is 0.273 e. The highest BCUT2D eigenvalue weighted by molar-refractivity contribution is 5.96. The predicted molar refractivity (Wildman–Crippen MR) is 292 cm³/mol. The Bertz CT molecular complexity index is 2790. The molecule has 8 unspecified atom stereocenters. The monoisotopic (exact) mass is 1060 g/mol. The van der Waals surface area contributed by atoms with Gasteiger partial charge in [0.05, 0.1) is 30.9 Å². The molecule has 78 heavy (non-hydrogen) atoms. The second-order valence-corrected chi connectivity index (χ2v) is 21.0. The summed E-state index contributed by atoms with van der Waals surface area (Å²) in [5, 5.41) is 29.9. The molecule has 7 N–H and O–H groups in total. The summed E-state index contributed by atoms with van der Waals surface area (Å²) >= 11 is 0. The van der Waals surface area contributed by atoms with Crippen molar-refractivity contribution in [2.75, 3.05) is 27.2 Å². The Morgan fingerprint density at radius 1 is 0.590 bits per heavy atom. The first-order valence-corrected chi connectivity index (χ1v) is 27.5. The van der Waals surface area contributed by atoms with E-state index in [0.717, 1.165) is 22.3 Å². The second kappa shape index (κ2) is 25.6. The van der Waals surface area contributed by atoms with Crippen molar-refractivity contribution in [3.63, 3.8) is 0 Å². The molecule has 0 bridgehead atoms. The van der Waals surface area contributed by atoms with Gasteiger partial charge in [-0.3, -0.25) is 38.2 Å². The van der Waals surface area contributed by atoms with Crippen molar-refractivity contribution in [2.45, 2.75) is 126 Å². The van der Waals surface area contributed by atoms with Crippen LogP contribution < -0.4 is 37.2 Å². The van der Waals surface area contributed by atoms with Gasteiger partial charge < -0.3 is 47.0 Å². The van der Waals surface area contributed by atoms with Crippen LogP contribution in [0.2, 0.25) is 0 Å². The lowest BCUT2D eigenvalue weighted by atomic mass is 9.92. The molecular formula is C59H72N12O7. The van der Waals surface area contributed by atoms with E-state index in [1.807, 2.05) is 128 Å². The molecule has 19 heteroatoms. The first kappa shape index (κ1) is 55.0.